The lowest BCUT2D eigenvalue weighted by molar-refractivity contribution is -0.137. The third-order valence-corrected chi connectivity index (χ3v) is 8.97. The third-order valence-electron chi connectivity index (χ3n) is 8.97. The second kappa shape index (κ2) is 18.0. The molecule has 1 aliphatic rings. The minimum absolute atomic E-state index is 0.000905. The van der Waals surface area contributed by atoms with Crippen LogP contribution in [0.1, 0.15) is 62.6 Å². The summed E-state index contributed by atoms with van der Waals surface area (Å²) in [6, 6.07) is 16.9. The summed E-state index contributed by atoms with van der Waals surface area (Å²) in [6.45, 7) is 4.66. The summed E-state index contributed by atoms with van der Waals surface area (Å²) in [5, 5.41) is 15.6. The van der Waals surface area contributed by atoms with Crippen molar-refractivity contribution in [1.29, 1.82) is 0 Å². The van der Waals surface area contributed by atoms with Gasteiger partial charge in [0.25, 0.3) is 0 Å². The summed E-state index contributed by atoms with van der Waals surface area (Å²) < 4.78 is 45.7. The number of hydrogen-bond acceptors (Lipinski definition) is 7. The van der Waals surface area contributed by atoms with Gasteiger partial charge in [0.15, 0.2) is 0 Å². The number of nitrogens with two attached hydrogens (primary N) is 1. The number of anilines is 3. The van der Waals surface area contributed by atoms with Crippen molar-refractivity contribution in [2.24, 2.45) is 5.92 Å². The molecule has 51 heavy (non-hydrogen) atoms. The van der Waals surface area contributed by atoms with Gasteiger partial charge in [0.1, 0.15) is 11.9 Å². The van der Waals surface area contributed by atoms with Crippen molar-refractivity contribution >= 4 is 34.8 Å². The first-order valence-electron chi connectivity index (χ1n) is 17.2. The number of fused-ring (bicyclic) bond motifs is 1. The van der Waals surface area contributed by atoms with Crippen LogP contribution in [0.5, 0.6) is 5.75 Å². The van der Waals surface area contributed by atoms with Gasteiger partial charge in [0, 0.05) is 49.6 Å². The molecule has 0 unspecified atom stereocenters. The van der Waals surface area contributed by atoms with Crippen LogP contribution in [0.3, 0.4) is 0 Å². The minimum atomic E-state index is -4.41. The van der Waals surface area contributed by atoms with Crippen molar-refractivity contribution in [2.45, 2.75) is 77.2 Å². The third kappa shape index (κ3) is 11.7. The molecule has 1 heterocycles. The summed E-state index contributed by atoms with van der Waals surface area (Å²) in [7, 11) is 1.86. The van der Waals surface area contributed by atoms with Crippen molar-refractivity contribution in [3.63, 3.8) is 0 Å². The highest BCUT2D eigenvalue weighted by Gasteiger charge is 2.32. The molecule has 0 fully saturated rings. The summed E-state index contributed by atoms with van der Waals surface area (Å²) in [4.78, 5) is 42.2. The molecule has 0 saturated carbocycles. The number of hydrogen-bond donors (Lipinski definition) is 4. The van der Waals surface area contributed by atoms with Gasteiger partial charge in [0.05, 0.1) is 36.0 Å². The van der Waals surface area contributed by atoms with E-state index < -0.39 is 23.9 Å². The Hall–Kier alpha value is -4.62. The van der Waals surface area contributed by atoms with Crippen LogP contribution >= 0.6 is 0 Å². The number of alkyl halides is 3. The van der Waals surface area contributed by atoms with Gasteiger partial charge in [0.2, 0.25) is 17.7 Å². The lowest BCUT2D eigenvalue weighted by Crippen LogP contribution is -2.47. The number of carbonyl (C=O) groups excluding carboxylic acids is 3. The van der Waals surface area contributed by atoms with Crippen molar-refractivity contribution in [3.8, 4) is 5.75 Å². The lowest BCUT2D eigenvalue weighted by Gasteiger charge is -2.34. The van der Waals surface area contributed by atoms with Gasteiger partial charge in [-0.2, -0.15) is 13.2 Å². The first-order chi connectivity index (χ1) is 24.2. The van der Waals surface area contributed by atoms with E-state index in [4.69, 9.17) is 10.5 Å². The monoisotopic (exact) mass is 711 g/mol. The maximum atomic E-state index is 13.5. The van der Waals surface area contributed by atoms with E-state index in [0.29, 0.717) is 79.3 Å². The number of aliphatic hydroxyl groups excluding tert-OH is 1. The molecule has 0 aliphatic carbocycles. The first kappa shape index (κ1) is 39.2. The smallest absolute Gasteiger partial charge is 0.416 e. The van der Waals surface area contributed by atoms with Crippen LogP contribution in [-0.4, -0.2) is 71.5 Å². The quantitative estimate of drug-likeness (QED) is 0.117. The molecule has 3 aromatic carbocycles. The molecule has 5 N–H and O–H groups in total. The molecule has 0 spiro atoms. The molecule has 0 saturated heterocycles. The Labute approximate surface area is 297 Å². The number of halogens is 3. The van der Waals surface area contributed by atoms with Crippen LogP contribution in [0.2, 0.25) is 0 Å². The summed E-state index contributed by atoms with van der Waals surface area (Å²) >= 11 is 0. The van der Waals surface area contributed by atoms with E-state index in [1.54, 1.807) is 54.3 Å². The zero-order valence-corrected chi connectivity index (χ0v) is 29.3. The summed E-state index contributed by atoms with van der Waals surface area (Å²) in [5.74, 6) is -0.186. The average molecular weight is 712 g/mol. The average Bonchev–Trinajstić information content (AvgIpc) is 3.12. The molecule has 4 rings (SSSR count). The normalized spacial score (nSPS) is 17.1. The number of rotatable bonds is 14. The van der Waals surface area contributed by atoms with Crippen LogP contribution in [0, 0.1) is 5.92 Å². The largest absolute Gasteiger partial charge is 0.488 e. The van der Waals surface area contributed by atoms with Gasteiger partial charge in [-0.1, -0.05) is 37.6 Å². The maximum absolute atomic E-state index is 13.5. The molecule has 276 valence electrons. The van der Waals surface area contributed by atoms with Crippen molar-refractivity contribution in [1.82, 2.24) is 9.80 Å². The van der Waals surface area contributed by atoms with Gasteiger partial charge >= 0.3 is 6.18 Å². The van der Waals surface area contributed by atoms with Crippen LogP contribution in [0.15, 0.2) is 66.7 Å². The van der Waals surface area contributed by atoms with E-state index in [2.05, 4.69) is 10.6 Å². The molecule has 0 aromatic heterocycles. The first-order valence-corrected chi connectivity index (χ1v) is 17.2. The Bertz CT molecular complexity index is 1630. The molecule has 0 radical (unpaired) electrons. The van der Waals surface area contributed by atoms with Crippen LogP contribution in [0.25, 0.3) is 0 Å². The minimum Gasteiger partial charge on any atom is -0.488 e. The zero-order chi connectivity index (χ0) is 37.1. The Morgan fingerprint density at radius 3 is 2.33 bits per heavy atom. The topological polar surface area (TPSA) is 137 Å². The molecule has 3 amide bonds. The summed E-state index contributed by atoms with van der Waals surface area (Å²) in [6.07, 6.45) is -2.35. The number of amides is 3. The number of likely N-dealkylation sites (N-methyl/N-ethyl adjacent to an activating group) is 1. The predicted octanol–water partition coefficient (Wildman–Crippen LogP) is 6.10. The fourth-order valence-corrected chi connectivity index (χ4v) is 6.00. The van der Waals surface area contributed by atoms with Crippen LogP contribution in [-0.2, 0) is 33.5 Å². The van der Waals surface area contributed by atoms with Gasteiger partial charge < -0.3 is 31.1 Å². The number of ether oxygens (including phenoxy) is 1. The summed E-state index contributed by atoms with van der Waals surface area (Å²) in [5.41, 5.74) is 8.06. The van der Waals surface area contributed by atoms with E-state index in [0.717, 1.165) is 12.1 Å². The van der Waals surface area contributed by atoms with Gasteiger partial charge in [-0.15, -0.1) is 0 Å². The predicted molar refractivity (Wildman–Crippen MR) is 191 cm³/mol. The highest BCUT2D eigenvalue weighted by Crippen LogP contribution is 2.31. The number of nitrogens with zero attached hydrogens (tertiary/aromatic N) is 2. The van der Waals surface area contributed by atoms with Gasteiger partial charge in [-0.3, -0.25) is 19.3 Å². The van der Waals surface area contributed by atoms with Gasteiger partial charge in [-0.25, -0.2) is 0 Å². The molecule has 3 aromatic rings. The Morgan fingerprint density at radius 2 is 1.69 bits per heavy atom. The number of para-hydroxylation sites is 2. The fourth-order valence-electron chi connectivity index (χ4n) is 6.00. The molecular weight excluding hydrogens is 663 g/mol. The number of nitrogen functional groups attached to an aromatic ring is 1. The van der Waals surface area contributed by atoms with Gasteiger partial charge in [-0.05, 0) is 74.8 Å². The number of nitrogens with one attached hydrogen (secondary N) is 2. The van der Waals surface area contributed by atoms with Crippen molar-refractivity contribution in [2.75, 3.05) is 43.1 Å². The van der Waals surface area contributed by atoms with Crippen molar-refractivity contribution in [3.05, 3.63) is 83.4 Å². The van der Waals surface area contributed by atoms with Crippen LogP contribution in [0.4, 0.5) is 30.2 Å². The van der Waals surface area contributed by atoms with E-state index in [-0.39, 0.29) is 43.1 Å². The molecule has 0 bridgehead atoms. The zero-order valence-electron chi connectivity index (χ0n) is 29.3. The second-order valence-corrected chi connectivity index (χ2v) is 13.3. The van der Waals surface area contributed by atoms with Crippen LogP contribution < -0.4 is 21.1 Å². The SMILES string of the molecule is C[C@@H]1CN([C@@H](C)CO)C(=O)Cc2cc(NC(=O)CCCCCC(=O)Nc3ccccc3N)ccc2O[C@H]1CN(C)Cc1ccc(C(F)(F)F)cc1. The Kier molecular flexibility index (Phi) is 13.9. The molecule has 10 nitrogen and oxygen atoms in total. The van der Waals surface area contributed by atoms with E-state index >= 15 is 0 Å². The number of benzene rings is 3. The van der Waals surface area contributed by atoms with E-state index in [9.17, 15) is 32.7 Å². The molecule has 13 heteroatoms. The molecule has 1 aliphatic heterocycles. The maximum Gasteiger partial charge on any atom is 0.416 e. The van der Waals surface area contributed by atoms with E-state index in [1.807, 2.05) is 18.9 Å². The van der Waals surface area contributed by atoms with E-state index in [1.165, 1.54) is 12.1 Å². The fraction of sp³-hybridized carbons (Fsp3) is 0.447. The Balaban J connectivity index is 1.37. The highest BCUT2D eigenvalue weighted by molar-refractivity contribution is 5.94. The highest BCUT2D eigenvalue weighted by atomic mass is 19.4. The number of aliphatic hydroxyl groups is 1. The number of unbranched alkanes of at least 4 members (excludes halogenated alkanes) is 2. The Morgan fingerprint density at radius 1 is 1.02 bits per heavy atom. The second-order valence-electron chi connectivity index (χ2n) is 13.3. The standard InChI is InChI=1S/C38H48F3N5O5/c1-25-21-46(26(2)24-47)37(50)20-28-19-30(43-35(48)11-5-4-6-12-36(49)44-32-10-8-7-9-31(32)42)17-18-33(28)51-34(25)23-45(3)22-27-13-15-29(16-14-27)38(39,40)41/h7-10,13-19,25-26,34,47H,4-6,11-12,20-24,42H2,1-3H3,(H,43,48)(H,44,49)/t25-,26+,34+/m1/s1. The number of carbonyl (C=O) groups is 3. The lowest BCUT2D eigenvalue weighted by atomic mass is 10.0. The van der Waals surface area contributed by atoms with Crippen molar-refractivity contribution < 1.29 is 37.4 Å². The molecule has 3 atom stereocenters. The molecular formula is C38H48F3N5O5.